The Morgan fingerprint density at radius 3 is 2.35 bits per heavy atom. The molecule has 3 N–H and O–H groups in total. The highest BCUT2D eigenvalue weighted by molar-refractivity contribution is 6.16. The lowest BCUT2D eigenvalue weighted by Gasteiger charge is -2.36. The molecule has 1 aliphatic carbocycles. The van der Waals surface area contributed by atoms with Gasteiger partial charge in [0.05, 0.1) is 31.7 Å². The summed E-state index contributed by atoms with van der Waals surface area (Å²) in [5, 5.41) is 32.1. The summed E-state index contributed by atoms with van der Waals surface area (Å²) in [6, 6.07) is 13.7. The number of imide groups is 3. The minimum atomic E-state index is -1.03. The molecule has 4 rings (SSSR count). The van der Waals surface area contributed by atoms with Crippen molar-refractivity contribution in [3.05, 3.63) is 75.9 Å². The number of aliphatic hydroxyl groups is 2. The van der Waals surface area contributed by atoms with Crippen molar-refractivity contribution >= 4 is 29.6 Å². The van der Waals surface area contributed by atoms with E-state index in [-0.39, 0.29) is 12.2 Å². The molecule has 2 aliphatic rings. The van der Waals surface area contributed by atoms with Crippen LogP contribution in [0.3, 0.4) is 0 Å². The first kappa shape index (κ1) is 29.2. The van der Waals surface area contributed by atoms with E-state index in [1.54, 1.807) is 0 Å². The van der Waals surface area contributed by atoms with Gasteiger partial charge in [-0.05, 0) is 85.1 Å². The SMILES string of the molecule is CCC1=C([C@H](O)CC/C(=C/c2cc(C)c(O)c(C)c2)c2ccccc2)[C@H](CO)[C@@H]2C(=O)N(C(=O)OC)C(=O)[C@@H]2C1. The molecule has 40 heavy (non-hydrogen) atoms. The predicted molar refractivity (Wildman–Crippen MR) is 151 cm³/mol. The number of benzene rings is 2. The van der Waals surface area contributed by atoms with Crippen LogP contribution in [-0.4, -0.2) is 57.9 Å². The Balaban J connectivity index is 1.65. The second-order valence-electron chi connectivity index (χ2n) is 10.6. The van der Waals surface area contributed by atoms with Gasteiger partial charge in [-0.25, -0.2) is 4.79 Å². The van der Waals surface area contributed by atoms with Crippen LogP contribution >= 0.6 is 0 Å². The maximum absolute atomic E-state index is 13.2. The second kappa shape index (κ2) is 12.2. The molecule has 0 aromatic heterocycles. The molecule has 1 fully saturated rings. The van der Waals surface area contributed by atoms with Gasteiger partial charge in [-0.15, -0.1) is 0 Å². The summed E-state index contributed by atoms with van der Waals surface area (Å²) in [5.74, 6) is -3.51. The molecule has 2 aromatic rings. The van der Waals surface area contributed by atoms with Gasteiger partial charge < -0.3 is 20.1 Å². The fourth-order valence-corrected chi connectivity index (χ4v) is 6.24. The van der Waals surface area contributed by atoms with Gasteiger partial charge in [0.25, 0.3) is 0 Å². The largest absolute Gasteiger partial charge is 0.507 e. The second-order valence-corrected chi connectivity index (χ2v) is 10.6. The Hall–Kier alpha value is -3.75. The summed E-state index contributed by atoms with van der Waals surface area (Å²) in [5.41, 5.74) is 5.88. The summed E-state index contributed by atoms with van der Waals surface area (Å²) in [7, 11) is 1.11. The van der Waals surface area contributed by atoms with Crippen molar-refractivity contribution in [3.63, 3.8) is 0 Å². The van der Waals surface area contributed by atoms with Crippen LogP contribution in [0.2, 0.25) is 0 Å². The summed E-state index contributed by atoms with van der Waals surface area (Å²) >= 11 is 0. The van der Waals surface area contributed by atoms with Crippen LogP contribution in [-0.2, 0) is 14.3 Å². The monoisotopic (exact) mass is 547 g/mol. The molecule has 0 radical (unpaired) electrons. The van der Waals surface area contributed by atoms with Gasteiger partial charge >= 0.3 is 6.09 Å². The lowest BCUT2D eigenvalue weighted by molar-refractivity contribution is -0.137. The molecule has 0 unspecified atom stereocenters. The molecule has 0 spiro atoms. The number of aromatic hydroxyl groups is 1. The number of ether oxygens (including phenoxy) is 1. The fraction of sp³-hybridized carbons (Fsp3) is 0.406. The summed E-state index contributed by atoms with van der Waals surface area (Å²) < 4.78 is 4.65. The van der Waals surface area contributed by atoms with E-state index < -0.39 is 48.4 Å². The van der Waals surface area contributed by atoms with Gasteiger partial charge in [-0.3, -0.25) is 9.59 Å². The van der Waals surface area contributed by atoms with E-state index >= 15 is 0 Å². The fourth-order valence-electron chi connectivity index (χ4n) is 6.24. The quantitative estimate of drug-likeness (QED) is 0.247. The van der Waals surface area contributed by atoms with E-state index in [9.17, 15) is 29.7 Å². The van der Waals surface area contributed by atoms with Crippen LogP contribution in [0, 0.1) is 31.6 Å². The van der Waals surface area contributed by atoms with Gasteiger partial charge in [0.1, 0.15) is 5.75 Å². The standard InChI is InChI=1S/C32H37NO7/c1-5-21-16-24-28(31(38)33(30(24)37)32(39)40-4)25(17-34)27(21)26(35)12-11-23(22-9-7-6-8-10-22)15-20-13-18(2)29(36)19(3)14-20/h6-10,13-15,24-26,28,34-36H,5,11-12,16-17H2,1-4H3/b23-15-/t24-,25+,26-,28-/m1/s1. The molecular weight excluding hydrogens is 510 g/mol. The average molecular weight is 548 g/mol. The number of hydrogen-bond donors (Lipinski definition) is 3. The van der Waals surface area contributed by atoms with E-state index in [0.717, 1.165) is 40.5 Å². The van der Waals surface area contributed by atoms with Crippen molar-refractivity contribution in [1.29, 1.82) is 0 Å². The van der Waals surface area contributed by atoms with Gasteiger partial charge in [-0.2, -0.15) is 4.90 Å². The average Bonchev–Trinajstić information content (AvgIpc) is 3.21. The molecular formula is C32H37NO7. The van der Waals surface area contributed by atoms with Crippen LogP contribution in [0.5, 0.6) is 5.75 Å². The van der Waals surface area contributed by atoms with Crippen LogP contribution in [0.1, 0.15) is 54.9 Å². The number of nitrogens with zero attached hydrogens (tertiary/aromatic N) is 1. The number of phenols is 1. The summed E-state index contributed by atoms with van der Waals surface area (Å²) in [4.78, 5) is 38.9. The summed E-state index contributed by atoms with van der Waals surface area (Å²) in [6.07, 6.45) is 1.67. The molecule has 3 amide bonds. The van der Waals surface area contributed by atoms with Crippen molar-refractivity contribution in [3.8, 4) is 5.75 Å². The highest BCUT2D eigenvalue weighted by atomic mass is 16.5. The number of carbonyl (C=O) groups excluding carboxylic acids is 3. The third-order valence-corrected chi connectivity index (χ3v) is 8.21. The summed E-state index contributed by atoms with van der Waals surface area (Å²) in [6.45, 7) is 5.19. The Bertz CT molecular complexity index is 1340. The first-order valence-electron chi connectivity index (χ1n) is 13.7. The lowest BCUT2D eigenvalue weighted by atomic mass is 9.67. The molecule has 2 aromatic carbocycles. The van der Waals surface area contributed by atoms with Gasteiger partial charge in [0, 0.05) is 5.92 Å². The highest BCUT2D eigenvalue weighted by Gasteiger charge is 2.56. The molecule has 1 saturated heterocycles. The normalized spacial score (nSPS) is 22.0. The molecule has 1 aliphatic heterocycles. The molecule has 4 atom stereocenters. The van der Waals surface area contributed by atoms with E-state index in [4.69, 9.17) is 0 Å². The Morgan fingerprint density at radius 1 is 1.12 bits per heavy atom. The third kappa shape index (κ3) is 5.46. The zero-order valence-corrected chi connectivity index (χ0v) is 23.4. The van der Waals surface area contributed by atoms with Crippen LogP contribution in [0.4, 0.5) is 4.79 Å². The minimum Gasteiger partial charge on any atom is -0.507 e. The minimum absolute atomic E-state index is 0.246. The number of likely N-dealkylation sites (tertiary alicyclic amines) is 1. The molecule has 212 valence electrons. The zero-order chi connectivity index (χ0) is 29.1. The van der Waals surface area contributed by atoms with E-state index in [1.165, 1.54) is 0 Å². The Morgan fingerprint density at radius 2 is 1.77 bits per heavy atom. The molecule has 0 bridgehead atoms. The number of aryl methyl sites for hydroxylation is 2. The maximum Gasteiger partial charge on any atom is 0.423 e. The smallest absolute Gasteiger partial charge is 0.423 e. The number of fused-ring (bicyclic) bond motifs is 1. The molecule has 8 nitrogen and oxygen atoms in total. The van der Waals surface area contributed by atoms with Crippen molar-refractivity contribution in [1.82, 2.24) is 4.90 Å². The highest BCUT2D eigenvalue weighted by Crippen LogP contribution is 2.47. The zero-order valence-electron chi connectivity index (χ0n) is 23.4. The first-order valence-corrected chi connectivity index (χ1v) is 13.7. The molecule has 0 saturated carbocycles. The molecule has 8 heteroatoms. The Labute approximate surface area is 234 Å². The number of amides is 3. The van der Waals surface area contributed by atoms with E-state index in [1.807, 2.05) is 69.3 Å². The van der Waals surface area contributed by atoms with E-state index in [2.05, 4.69) is 4.74 Å². The number of phenolic OH excluding ortho intramolecular Hbond substituents is 1. The number of allylic oxidation sites excluding steroid dienone is 2. The van der Waals surface area contributed by atoms with Gasteiger partial charge in [0.15, 0.2) is 0 Å². The maximum atomic E-state index is 13.2. The third-order valence-electron chi connectivity index (χ3n) is 8.21. The number of aliphatic hydroxyl groups excluding tert-OH is 2. The number of carbonyl (C=O) groups is 3. The first-order chi connectivity index (χ1) is 19.1. The van der Waals surface area contributed by atoms with Gasteiger partial charge in [0.2, 0.25) is 11.8 Å². The topological polar surface area (TPSA) is 124 Å². The van der Waals surface area contributed by atoms with Crippen molar-refractivity contribution in [2.24, 2.45) is 17.8 Å². The number of hydrogen-bond acceptors (Lipinski definition) is 7. The van der Waals surface area contributed by atoms with Crippen molar-refractivity contribution in [2.75, 3.05) is 13.7 Å². The van der Waals surface area contributed by atoms with Gasteiger partial charge in [-0.1, -0.05) is 48.9 Å². The number of rotatable bonds is 8. The van der Waals surface area contributed by atoms with Crippen LogP contribution < -0.4 is 0 Å². The Kier molecular flexibility index (Phi) is 8.91. The lowest BCUT2D eigenvalue weighted by Crippen LogP contribution is -2.40. The predicted octanol–water partition coefficient (Wildman–Crippen LogP) is 4.78. The van der Waals surface area contributed by atoms with Crippen molar-refractivity contribution in [2.45, 2.75) is 52.6 Å². The van der Waals surface area contributed by atoms with Crippen molar-refractivity contribution < 1.29 is 34.4 Å². The number of methoxy groups -OCH3 is 1. The van der Waals surface area contributed by atoms with Crippen LogP contribution in [0.25, 0.3) is 11.6 Å². The van der Waals surface area contributed by atoms with Crippen LogP contribution in [0.15, 0.2) is 53.6 Å². The van der Waals surface area contributed by atoms with E-state index in [0.29, 0.717) is 29.7 Å². The molecule has 1 heterocycles.